The van der Waals surface area contributed by atoms with E-state index in [1.165, 1.54) is 0 Å². The van der Waals surface area contributed by atoms with E-state index < -0.39 is 5.97 Å². The van der Waals surface area contributed by atoms with E-state index in [0.717, 1.165) is 31.8 Å². The van der Waals surface area contributed by atoms with Gasteiger partial charge in [-0.3, -0.25) is 4.40 Å². The second kappa shape index (κ2) is 5.07. The third-order valence-corrected chi connectivity index (χ3v) is 4.22. The van der Waals surface area contributed by atoms with E-state index in [1.807, 2.05) is 0 Å². The highest BCUT2D eigenvalue weighted by Gasteiger charge is 2.25. The van der Waals surface area contributed by atoms with E-state index in [1.54, 1.807) is 22.6 Å². The van der Waals surface area contributed by atoms with Crippen molar-refractivity contribution in [2.75, 3.05) is 20.1 Å². The van der Waals surface area contributed by atoms with E-state index in [4.69, 9.17) is 11.6 Å². The van der Waals surface area contributed by atoms with E-state index in [-0.39, 0.29) is 11.6 Å². The van der Waals surface area contributed by atoms with E-state index in [9.17, 15) is 9.90 Å². The first kappa shape index (κ1) is 13.4. The Morgan fingerprint density at radius 2 is 2.10 bits per heavy atom. The third kappa shape index (κ3) is 2.17. The van der Waals surface area contributed by atoms with Gasteiger partial charge < -0.3 is 10.0 Å². The van der Waals surface area contributed by atoms with Gasteiger partial charge in [-0.05, 0) is 45.1 Å². The summed E-state index contributed by atoms with van der Waals surface area (Å²) in [6.45, 7) is 1.98. The molecule has 0 bridgehead atoms. The van der Waals surface area contributed by atoms with Crippen molar-refractivity contribution in [1.82, 2.24) is 14.3 Å². The molecule has 5 nitrogen and oxygen atoms in total. The monoisotopic (exact) mass is 293 g/mol. The number of imidazole rings is 1. The van der Waals surface area contributed by atoms with Gasteiger partial charge in [0.15, 0.2) is 5.15 Å². The molecule has 106 valence electrons. The topological polar surface area (TPSA) is 57.8 Å². The molecule has 0 aromatic carbocycles. The van der Waals surface area contributed by atoms with Crippen LogP contribution in [0.3, 0.4) is 0 Å². The van der Waals surface area contributed by atoms with E-state index in [0.29, 0.717) is 10.7 Å². The van der Waals surface area contributed by atoms with Crippen molar-refractivity contribution in [2.24, 2.45) is 0 Å². The second-order valence-electron chi connectivity index (χ2n) is 5.28. The number of halogens is 1. The van der Waals surface area contributed by atoms with Gasteiger partial charge in [-0.15, -0.1) is 0 Å². The molecule has 2 aromatic heterocycles. The lowest BCUT2D eigenvalue weighted by molar-refractivity contribution is 0.0688. The number of piperidine rings is 1. The average Bonchev–Trinajstić information content (AvgIpc) is 2.77. The van der Waals surface area contributed by atoms with E-state index >= 15 is 0 Å². The predicted molar refractivity (Wildman–Crippen MR) is 76.6 cm³/mol. The molecule has 0 atom stereocenters. The molecule has 20 heavy (non-hydrogen) atoms. The maximum atomic E-state index is 11.4. The van der Waals surface area contributed by atoms with Crippen molar-refractivity contribution in [3.63, 3.8) is 0 Å². The van der Waals surface area contributed by atoms with Crippen molar-refractivity contribution in [3.8, 4) is 0 Å². The number of hydrogen-bond acceptors (Lipinski definition) is 3. The summed E-state index contributed by atoms with van der Waals surface area (Å²) < 4.78 is 1.70. The van der Waals surface area contributed by atoms with Gasteiger partial charge in [-0.2, -0.15) is 0 Å². The number of hydrogen-bond donors (Lipinski definition) is 1. The number of rotatable bonds is 2. The van der Waals surface area contributed by atoms with E-state index in [2.05, 4.69) is 16.9 Å². The standard InChI is InChI=1S/C14H16ClN3O2/c1-17-7-5-9(6-8-17)13-16-12(15)10-3-2-4-11(14(19)20)18(10)13/h2-4,9H,5-8H2,1H3,(H,19,20). The Balaban J connectivity index is 2.13. The lowest BCUT2D eigenvalue weighted by atomic mass is 9.96. The van der Waals surface area contributed by atoms with Crippen LogP contribution in [0, 0.1) is 0 Å². The summed E-state index contributed by atoms with van der Waals surface area (Å²) in [4.78, 5) is 18.1. The quantitative estimate of drug-likeness (QED) is 0.924. The molecule has 3 heterocycles. The molecule has 1 saturated heterocycles. The average molecular weight is 294 g/mol. The van der Waals surface area contributed by atoms with Crippen LogP contribution >= 0.6 is 11.6 Å². The zero-order chi connectivity index (χ0) is 14.3. The molecule has 0 aliphatic carbocycles. The molecule has 1 N–H and O–H groups in total. The van der Waals surface area contributed by atoms with Gasteiger partial charge in [-0.25, -0.2) is 9.78 Å². The molecule has 0 saturated carbocycles. The lowest BCUT2D eigenvalue weighted by Crippen LogP contribution is -2.30. The van der Waals surface area contributed by atoms with Crippen LogP contribution in [0.1, 0.15) is 35.1 Å². The Bertz CT molecular complexity index is 660. The summed E-state index contributed by atoms with van der Waals surface area (Å²) in [5.41, 5.74) is 0.885. The number of carboxylic acid groups (broad SMARTS) is 1. The first-order chi connectivity index (χ1) is 9.58. The number of aromatic carboxylic acids is 1. The first-order valence-corrected chi connectivity index (χ1v) is 7.04. The molecule has 6 heteroatoms. The highest BCUT2D eigenvalue weighted by Crippen LogP contribution is 2.31. The molecule has 3 rings (SSSR count). The van der Waals surface area contributed by atoms with Crippen molar-refractivity contribution >= 4 is 23.1 Å². The Labute approximate surface area is 121 Å². The molecule has 2 aromatic rings. The van der Waals surface area contributed by atoms with Crippen LogP contribution in [-0.2, 0) is 0 Å². The molecular formula is C14H16ClN3O2. The molecule has 1 aliphatic heterocycles. The maximum absolute atomic E-state index is 11.4. The third-order valence-electron chi connectivity index (χ3n) is 3.95. The normalized spacial score (nSPS) is 17.7. The van der Waals surface area contributed by atoms with Crippen LogP contribution in [0.25, 0.3) is 5.52 Å². The summed E-state index contributed by atoms with van der Waals surface area (Å²) in [6.07, 6.45) is 1.94. The lowest BCUT2D eigenvalue weighted by Gasteiger charge is -2.28. The number of nitrogens with zero attached hydrogens (tertiary/aromatic N) is 3. The number of pyridine rings is 1. The highest BCUT2D eigenvalue weighted by atomic mass is 35.5. The van der Waals surface area contributed by atoms with Crippen LogP contribution in [-0.4, -0.2) is 45.5 Å². The molecule has 0 radical (unpaired) electrons. The highest BCUT2D eigenvalue weighted by molar-refractivity contribution is 6.32. The fraction of sp³-hybridized carbons (Fsp3) is 0.429. The van der Waals surface area contributed by atoms with Crippen molar-refractivity contribution in [3.05, 3.63) is 34.9 Å². The summed E-state index contributed by atoms with van der Waals surface area (Å²) in [7, 11) is 2.09. The summed E-state index contributed by atoms with van der Waals surface area (Å²) in [6, 6.07) is 5.09. The zero-order valence-corrected chi connectivity index (χ0v) is 12.0. The first-order valence-electron chi connectivity index (χ1n) is 6.66. The summed E-state index contributed by atoms with van der Waals surface area (Å²) >= 11 is 6.17. The minimum absolute atomic E-state index is 0.218. The Hall–Kier alpha value is -1.59. The van der Waals surface area contributed by atoms with Gasteiger partial charge in [0.05, 0.1) is 5.52 Å². The van der Waals surface area contributed by atoms with Crippen LogP contribution in [0.5, 0.6) is 0 Å². The van der Waals surface area contributed by atoms with Gasteiger partial charge in [0.1, 0.15) is 11.5 Å². The smallest absolute Gasteiger partial charge is 0.352 e. The van der Waals surface area contributed by atoms with Gasteiger partial charge in [0.25, 0.3) is 0 Å². The van der Waals surface area contributed by atoms with Gasteiger partial charge in [-0.1, -0.05) is 17.7 Å². The minimum atomic E-state index is -0.959. The van der Waals surface area contributed by atoms with Crippen molar-refractivity contribution in [1.29, 1.82) is 0 Å². The van der Waals surface area contributed by atoms with Crippen molar-refractivity contribution in [2.45, 2.75) is 18.8 Å². The predicted octanol–water partition coefficient (Wildman–Crippen LogP) is 2.50. The molecule has 1 aliphatic rings. The minimum Gasteiger partial charge on any atom is -0.477 e. The van der Waals surface area contributed by atoms with Crippen molar-refractivity contribution < 1.29 is 9.90 Å². The Morgan fingerprint density at radius 3 is 2.75 bits per heavy atom. The largest absolute Gasteiger partial charge is 0.477 e. The number of carbonyl (C=O) groups is 1. The van der Waals surface area contributed by atoms with Crippen LogP contribution in [0.15, 0.2) is 18.2 Å². The maximum Gasteiger partial charge on any atom is 0.352 e. The van der Waals surface area contributed by atoms with Crippen LogP contribution in [0.2, 0.25) is 5.15 Å². The Kier molecular flexibility index (Phi) is 3.40. The summed E-state index contributed by atoms with van der Waals surface area (Å²) in [5.74, 6) is 0.0710. The van der Waals surface area contributed by atoms with Crippen LogP contribution < -0.4 is 0 Å². The fourth-order valence-electron chi connectivity index (χ4n) is 2.83. The van der Waals surface area contributed by atoms with Gasteiger partial charge in [0, 0.05) is 5.92 Å². The number of aromatic nitrogens is 2. The Morgan fingerprint density at radius 1 is 1.40 bits per heavy atom. The zero-order valence-electron chi connectivity index (χ0n) is 11.2. The number of carboxylic acids is 1. The van der Waals surface area contributed by atoms with Gasteiger partial charge in [0.2, 0.25) is 0 Å². The van der Waals surface area contributed by atoms with Crippen LogP contribution in [0.4, 0.5) is 0 Å². The molecule has 0 amide bonds. The fourth-order valence-corrected chi connectivity index (χ4v) is 3.07. The number of likely N-dealkylation sites (tertiary alicyclic amines) is 1. The second-order valence-corrected chi connectivity index (χ2v) is 5.63. The number of fused-ring (bicyclic) bond motifs is 1. The molecule has 0 spiro atoms. The molecular weight excluding hydrogens is 278 g/mol. The SMILES string of the molecule is CN1CCC(c2nc(Cl)c3cccc(C(=O)O)n23)CC1. The van der Waals surface area contributed by atoms with Gasteiger partial charge >= 0.3 is 5.97 Å². The molecule has 1 fully saturated rings. The summed E-state index contributed by atoms with van der Waals surface area (Å²) in [5, 5.41) is 9.73. The molecule has 0 unspecified atom stereocenters.